The molecule has 1 atom stereocenters. The van der Waals surface area contributed by atoms with Gasteiger partial charge in [-0.05, 0) is 47.5 Å². The molecule has 6 nitrogen and oxygen atoms in total. The summed E-state index contributed by atoms with van der Waals surface area (Å²) >= 11 is 1.59. The Morgan fingerprint density at radius 1 is 0.969 bits per heavy atom. The van der Waals surface area contributed by atoms with E-state index in [2.05, 4.69) is 10.1 Å². The minimum absolute atomic E-state index is 0.0781. The van der Waals surface area contributed by atoms with Gasteiger partial charge in [-0.1, -0.05) is 42.5 Å². The molecule has 0 bridgehead atoms. The predicted molar refractivity (Wildman–Crippen MR) is 124 cm³/mol. The first-order chi connectivity index (χ1) is 15.5. The minimum atomic E-state index is -0.428. The number of ether oxygens (including phenoxy) is 1. The van der Waals surface area contributed by atoms with Crippen LogP contribution in [0.5, 0.6) is 0 Å². The number of hydrogen-bond donors (Lipinski definition) is 1. The van der Waals surface area contributed by atoms with Crippen molar-refractivity contribution in [2.45, 2.75) is 11.9 Å². The summed E-state index contributed by atoms with van der Waals surface area (Å²) in [5.74, 6) is -0.121. The fourth-order valence-corrected chi connectivity index (χ4v) is 4.68. The second kappa shape index (κ2) is 9.70. The van der Waals surface area contributed by atoms with Crippen molar-refractivity contribution in [1.82, 2.24) is 4.90 Å². The molecular formula is C25H22N2O4S. The van der Waals surface area contributed by atoms with Gasteiger partial charge in [0.25, 0.3) is 5.91 Å². The highest BCUT2D eigenvalue weighted by Crippen LogP contribution is 2.39. The topological polar surface area (TPSA) is 75.7 Å². The quantitative estimate of drug-likeness (QED) is 0.565. The molecule has 4 rings (SSSR count). The second-order valence-electron chi connectivity index (χ2n) is 7.32. The van der Waals surface area contributed by atoms with Crippen molar-refractivity contribution in [3.8, 4) is 0 Å². The van der Waals surface area contributed by atoms with Crippen LogP contribution >= 0.6 is 11.8 Å². The number of anilines is 1. The third-order valence-electron chi connectivity index (χ3n) is 5.19. The monoisotopic (exact) mass is 446 g/mol. The molecule has 3 aromatic carbocycles. The number of carbonyl (C=O) groups excluding carboxylic acids is 3. The standard InChI is InChI=1S/C25H22N2O4S/c1-31-25(30)20-11-13-21(14-12-20)26-23(29)18-7-9-19(10-8-18)24-27(22(28)16-32-24)15-17-5-3-2-4-6-17/h2-14,24H,15-16H2,1H3,(H,26,29)/t24-/m1/s1. The van der Waals surface area contributed by atoms with Crippen molar-refractivity contribution >= 4 is 35.2 Å². The maximum Gasteiger partial charge on any atom is 0.337 e. The lowest BCUT2D eigenvalue weighted by molar-refractivity contribution is -0.128. The fraction of sp³-hybridized carbons (Fsp3) is 0.160. The van der Waals surface area contributed by atoms with Crippen LogP contribution in [0.15, 0.2) is 78.9 Å². The maximum absolute atomic E-state index is 12.6. The summed E-state index contributed by atoms with van der Waals surface area (Å²) in [6, 6.07) is 23.7. The van der Waals surface area contributed by atoms with Gasteiger partial charge in [-0.2, -0.15) is 0 Å². The van der Waals surface area contributed by atoms with Crippen LogP contribution in [0.1, 0.15) is 37.2 Å². The highest BCUT2D eigenvalue weighted by Gasteiger charge is 2.32. The van der Waals surface area contributed by atoms with Crippen LogP contribution in [0.4, 0.5) is 5.69 Å². The van der Waals surface area contributed by atoms with E-state index in [4.69, 9.17) is 0 Å². The number of hydrogen-bond acceptors (Lipinski definition) is 5. The Kier molecular flexibility index (Phi) is 6.56. The number of amides is 2. The Morgan fingerprint density at radius 3 is 2.28 bits per heavy atom. The number of rotatable bonds is 6. The highest BCUT2D eigenvalue weighted by atomic mass is 32.2. The molecule has 1 aliphatic rings. The predicted octanol–water partition coefficient (Wildman–Crippen LogP) is 4.50. The van der Waals surface area contributed by atoms with E-state index in [1.54, 1.807) is 48.2 Å². The van der Waals surface area contributed by atoms with Crippen molar-refractivity contribution in [2.24, 2.45) is 0 Å². The van der Waals surface area contributed by atoms with Gasteiger partial charge in [0.05, 0.1) is 18.4 Å². The molecule has 7 heteroatoms. The molecule has 1 N–H and O–H groups in total. The molecule has 1 aliphatic heterocycles. The lowest BCUT2D eigenvalue weighted by Gasteiger charge is -2.24. The Balaban J connectivity index is 1.43. The Labute approximate surface area is 190 Å². The molecule has 32 heavy (non-hydrogen) atoms. The molecule has 0 radical (unpaired) electrons. The molecular weight excluding hydrogens is 424 g/mol. The lowest BCUT2D eigenvalue weighted by atomic mass is 10.1. The molecule has 1 fully saturated rings. The van der Waals surface area contributed by atoms with Crippen LogP contribution in [-0.2, 0) is 16.1 Å². The lowest BCUT2D eigenvalue weighted by Crippen LogP contribution is -2.27. The molecule has 0 spiro atoms. The van der Waals surface area contributed by atoms with Gasteiger partial charge in [-0.3, -0.25) is 9.59 Å². The molecule has 3 aromatic rings. The molecule has 162 valence electrons. The van der Waals surface area contributed by atoms with Crippen molar-refractivity contribution in [3.05, 3.63) is 101 Å². The zero-order valence-corrected chi connectivity index (χ0v) is 18.3. The third kappa shape index (κ3) is 4.84. The largest absolute Gasteiger partial charge is 0.465 e. The number of nitrogens with zero attached hydrogens (tertiary/aromatic N) is 1. The average Bonchev–Trinajstić information content (AvgIpc) is 3.19. The SMILES string of the molecule is COC(=O)c1ccc(NC(=O)c2ccc([C@H]3SCC(=O)N3Cc3ccccc3)cc2)cc1. The number of carbonyl (C=O) groups is 3. The number of benzene rings is 3. The van der Waals surface area contributed by atoms with Gasteiger partial charge in [0, 0.05) is 17.8 Å². The van der Waals surface area contributed by atoms with E-state index in [9.17, 15) is 14.4 Å². The first kappa shape index (κ1) is 21.6. The van der Waals surface area contributed by atoms with Crippen molar-refractivity contribution < 1.29 is 19.1 Å². The van der Waals surface area contributed by atoms with E-state index >= 15 is 0 Å². The van der Waals surface area contributed by atoms with E-state index in [1.165, 1.54) is 7.11 Å². The molecule has 2 amide bonds. The van der Waals surface area contributed by atoms with Gasteiger partial charge < -0.3 is 15.0 Å². The summed E-state index contributed by atoms with van der Waals surface area (Å²) in [7, 11) is 1.32. The number of nitrogens with one attached hydrogen (secondary N) is 1. The fourth-order valence-electron chi connectivity index (χ4n) is 3.49. The van der Waals surface area contributed by atoms with Gasteiger partial charge >= 0.3 is 5.97 Å². The normalized spacial score (nSPS) is 15.5. The van der Waals surface area contributed by atoms with Crippen LogP contribution < -0.4 is 5.32 Å². The summed E-state index contributed by atoms with van der Waals surface area (Å²) in [5, 5.41) is 2.74. The van der Waals surface area contributed by atoms with Gasteiger partial charge in [0.2, 0.25) is 5.91 Å². The smallest absolute Gasteiger partial charge is 0.337 e. The van der Waals surface area contributed by atoms with Crippen molar-refractivity contribution in [3.63, 3.8) is 0 Å². The Morgan fingerprint density at radius 2 is 1.62 bits per heavy atom. The van der Waals surface area contributed by atoms with Gasteiger partial charge in [-0.15, -0.1) is 11.8 Å². The Bertz CT molecular complexity index is 1110. The number of thioether (sulfide) groups is 1. The molecule has 0 aliphatic carbocycles. The van der Waals surface area contributed by atoms with Crippen LogP contribution in [-0.4, -0.2) is 35.5 Å². The maximum atomic E-state index is 12.6. The number of esters is 1. The second-order valence-corrected chi connectivity index (χ2v) is 8.38. The zero-order valence-electron chi connectivity index (χ0n) is 17.5. The number of methoxy groups -OCH3 is 1. The molecule has 0 aromatic heterocycles. The molecule has 0 unspecified atom stereocenters. The molecule has 1 heterocycles. The first-order valence-electron chi connectivity index (χ1n) is 10.1. The van der Waals surface area contributed by atoms with E-state index in [1.807, 2.05) is 47.4 Å². The summed E-state index contributed by atoms with van der Waals surface area (Å²) in [5.41, 5.74) is 3.57. The summed E-state index contributed by atoms with van der Waals surface area (Å²) in [6.07, 6.45) is 0. The van der Waals surface area contributed by atoms with E-state index in [-0.39, 0.29) is 17.2 Å². The van der Waals surface area contributed by atoms with E-state index in [0.717, 1.165) is 11.1 Å². The van der Waals surface area contributed by atoms with Crippen LogP contribution in [0.3, 0.4) is 0 Å². The van der Waals surface area contributed by atoms with E-state index in [0.29, 0.717) is 29.1 Å². The van der Waals surface area contributed by atoms with Gasteiger partial charge in [0.15, 0.2) is 0 Å². The minimum Gasteiger partial charge on any atom is -0.465 e. The van der Waals surface area contributed by atoms with E-state index < -0.39 is 5.97 Å². The summed E-state index contributed by atoms with van der Waals surface area (Å²) < 4.78 is 4.67. The average molecular weight is 447 g/mol. The van der Waals surface area contributed by atoms with Gasteiger partial charge in [0.1, 0.15) is 5.37 Å². The van der Waals surface area contributed by atoms with Crippen LogP contribution in [0.2, 0.25) is 0 Å². The van der Waals surface area contributed by atoms with Crippen molar-refractivity contribution in [1.29, 1.82) is 0 Å². The third-order valence-corrected chi connectivity index (χ3v) is 6.44. The molecule has 0 saturated carbocycles. The Hall–Kier alpha value is -3.58. The van der Waals surface area contributed by atoms with Gasteiger partial charge in [-0.25, -0.2) is 4.79 Å². The molecule has 1 saturated heterocycles. The zero-order chi connectivity index (χ0) is 22.5. The highest BCUT2D eigenvalue weighted by molar-refractivity contribution is 8.00. The van der Waals surface area contributed by atoms with Crippen molar-refractivity contribution in [2.75, 3.05) is 18.2 Å². The van der Waals surface area contributed by atoms with Crippen LogP contribution in [0, 0.1) is 0 Å². The van der Waals surface area contributed by atoms with Crippen LogP contribution in [0.25, 0.3) is 0 Å². The summed E-state index contributed by atoms with van der Waals surface area (Å²) in [6.45, 7) is 0.557. The first-order valence-corrected chi connectivity index (χ1v) is 11.1. The summed E-state index contributed by atoms with van der Waals surface area (Å²) in [4.78, 5) is 38.4.